The van der Waals surface area contributed by atoms with E-state index in [4.69, 9.17) is 9.47 Å². The third-order valence-corrected chi connectivity index (χ3v) is 5.14. The van der Waals surface area contributed by atoms with E-state index in [1.165, 1.54) is 12.1 Å². The van der Waals surface area contributed by atoms with Gasteiger partial charge in [0, 0.05) is 37.5 Å². The van der Waals surface area contributed by atoms with Crippen LogP contribution in [0.2, 0.25) is 0 Å². The number of benzene rings is 3. The zero-order valence-electron chi connectivity index (χ0n) is 17.5. The highest BCUT2D eigenvalue weighted by molar-refractivity contribution is 9.10. The SMILES string of the molecule is COc1cc(CNCCNc2ccc([N+](=O)[O-])cc2)cc(Br)c1OCc1ccccc1.Cl. The molecular formula is C23H25BrClN3O4. The lowest BCUT2D eigenvalue weighted by Gasteiger charge is -2.15. The lowest BCUT2D eigenvalue weighted by molar-refractivity contribution is -0.384. The molecule has 0 bridgehead atoms. The van der Waals surface area contributed by atoms with Crippen molar-refractivity contribution in [1.29, 1.82) is 0 Å². The molecule has 3 aromatic rings. The molecule has 0 heterocycles. The maximum absolute atomic E-state index is 10.7. The van der Waals surface area contributed by atoms with E-state index in [1.54, 1.807) is 19.2 Å². The minimum Gasteiger partial charge on any atom is -0.493 e. The number of rotatable bonds is 11. The number of anilines is 1. The molecule has 0 unspecified atom stereocenters. The maximum atomic E-state index is 10.7. The molecule has 0 radical (unpaired) electrons. The van der Waals surface area contributed by atoms with Crippen molar-refractivity contribution in [3.8, 4) is 11.5 Å². The predicted octanol–water partition coefficient (Wildman–Crippen LogP) is 5.57. The Morgan fingerprint density at radius 3 is 2.38 bits per heavy atom. The third kappa shape index (κ3) is 7.40. The second kappa shape index (κ2) is 12.9. The summed E-state index contributed by atoms with van der Waals surface area (Å²) < 4.78 is 12.3. The second-order valence-electron chi connectivity index (χ2n) is 6.79. The van der Waals surface area contributed by atoms with Crippen LogP contribution in [0.5, 0.6) is 11.5 Å². The minimum absolute atomic E-state index is 0. The fourth-order valence-electron chi connectivity index (χ4n) is 2.97. The molecule has 0 aliphatic carbocycles. The van der Waals surface area contributed by atoms with Crippen LogP contribution in [0.1, 0.15) is 11.1 Å². The van der Waals surface area contributed by atoms with Gasteiger partial charge in [-0.05, 0) is 51.3 Å². The topological polar surface area (TPSA) is 85.7 Å². The summed E-state index contributed by atoms with van der Waals surface area (Å²) in [6.45, 7) is 2.54. The lowest BCUT2D eigenvalue weighted by atomic mass is 10.2. The molecule has 0 amide bonds. The van der Waals surface area contributed by atoms with Crippen LogP contribution in [-0.4, -0.2) is 25.1 Å². The van der Waals surface area contributed by atoms with Gasteiger partial charge in [0.1, 0.15) is 6.61 Å². The summed E-state index contributed by atoms with van der Waals surface area (Å²) in [6, 6.07) is 20.3. The first-order chi connectivity index (χ1) is 15.1. The molecule has 0 fully saturated rings. The number of hydrogen-bond donors (Lipinski definition) is 2. The molecule has 3 aromatic carbocycles. The molecule has 0 atom stereocenters. The molecule has 7 nitrogen and oxygen atoms in total. The molecule has 9 heteroatoms. The predicted molar refractivity (Wildman–Crippen MR) is 132 cm³/mol. The standard InChI is InChI=1S/C23H24BrN3O4.ClH/c1-30-22-14-18(13-21(24)23(22)31-16-17-5-3-2-4-6-17)15-25-11-12-26-19-7-9-20(10-8-19)27(28)29;/h2-10,13-14,25-26H,11-12,15-16H2,1H3;1H. The Morgan fingerprint density at radius 1 is 1.00 bits per heavy atom. The Bertz CT molecular complexity index is 1000. The van der Waals surface area contributed by atoms with Crippen LogP contribution >= 0.6 is 28.3 Å². The summed E-state index contributed by atoms with van der Waals surface area (Å²) in [5, 5.41) is 17.3. The van der Waals surface area contributed by atoms with E-state index in [1.807, 2.05) is 42.5 Å². The van der Waals surface area contributed by atoms with Crippen LogP contribution < -0.4 is 20.1 Å². The quantitative estimate of drug-likeness (QED) is 0.195. The van der Waals surface area contributed by atoms with Crippen LogP contribution in [-0.2, 0) is 13.2 Å². The zero-order chi connectivity index (χ0) is 22.1. The molecule has 0 spiro atoms. The molecule has 0 saturated heterocycles. The second-order valence-corrected chi connectivity index (χ2v) is 7.65. The molecule has 170 valence electrons. The van der Waals surface area contributed by atoms with Gasteiger partial charge in [0.25, 0.3) is 5.69 Å². The minimum atomic E-state index is -0.407. The smallest absolute Gasteiger partial charge is 0.269 e. The number of methoxy groups -OCH3 is 1. The van der Waals surface area contributed by atoms with Crippen molar-refractivity contribution in [3.05, 3.63) is 92.4 Å². The summed E-state index contributed by atoms with van der Waals surface area (Å²) in [5.74, 6) is 1.35. The van der Waals surface area contributed by atoms with Crippen molar-refractivity contribution in [3.63, 3.8) is 0 Å². The van der Waals surface area contributed by atoms with Gasteiger partial charge >= 0.3 is 0 Å². The van der Waals surface area contributed by atoms with E-state index in [0.717, 1.165) is 27.8 Å². The Hall–Kier alpha value is -2.81. The molecular weight excluding hydrogens is 498 g/mol. The van der Waals surface area contributed by atoms with E-state index in [9.17, 15) is 10.1 Å². The number of ether oxygens (including phenoxy) is 2. The summed E-state index contributed by atoms with van der Waals surface area (Å²) in [4.78, 5) is 10.3. The van der Waals surface area contributed by atoms with Crippen LogP contribution in [0, 0.1) is 10.1 Å². The van der Waals surface area contributed by atoms with Crippen molar-refractivity contribution in [1.82, 2.24) is 5.32 Å². The van der Waals surface area contributed by atoms with Gasteiger partial charge in [0.05, 0.1) is 16.5 Å². The fourth-order valence-corrected chi connectivity index (χ4v) is 3.58. The average Bonchev–Trinajstić information content (AvgIpc) is 2.78. The third-order valence-electron chi connectivity index (χ3n) is 4.55. The van der Waals surface area contributed by atoms with E-state index in [-0.39, 0.29) is 18.1 Å². The number of nitrogens with zero attached hydrogens (tertiary/aromatic N) is 1. The lowest BCUT2D eigenvalue weighted by Crippen LogP contribution is -2.21. The van der Waals surface area contributed by atoms with Gasteiger partial charge in [-0.25, -0.2) is 0 Å². The first-order valence-corrected chi connectivity index (χ1v) is 10.6. The fraction of sp³-hybridized carbons (Fsp3) is 0.217. The van der Waals surface area contributed by atoms with E-state index in [2.05, 4.69) is 26.6 Å². The number of nitro benzene ring substituents is 1. The van der Waals surface area contributed by atoms with E-state index < -0.39 is 4.92 Å². The maximum Gasteiger partial charge on any atom is 0.269 e. The van der Waals surface area contributed by atoms with E-state index >= 15 is 0 Å². The molecule has 0 saturated carbocycles. The molecule has 2 N–H and O–H groups in total. The van der Waals surface area contributed by atoms with Gasteiger partial charge in [-0.2, -0.15) is 0 Å². The highest BCUT2D eigenvalue weighted by Crippen LogP contribution is 2.37. The van der Waals surface area contributed by atoms with Crippen LogP contribution in [0.25, 0.3) is 0 Å². The van der Waals surface area contributed by atoms with Crippen molar-refractivity contribution in [2.45, 2.75) is 13.2 Å². The monoisotopic (exact) mass is 521 g/mol. The van der Waals surface area contributed by atoms with Gasteiger partial charge in [0.2, 0.25) is 0 Å². The Labute approximate surface area is 201 Å². The first-order valence-electron chi connectivity index (χ1n) is 9.79. The van der Waals surface area contributed by atoms with Crippen LogP contribution in [0.4, 0.5) is 11.4 Å². The summed E-state index contributed by atoms with van der Waals surface area (Å²) in [5.41, 5.74) is 3.07. The molecule has 0 aromatic heterocycles. The highest BCUT2D eigenvalue weighted by Gasteiger charge is 2.12. The summed E-state index contributed by atoms with van der Waals surface area (Å²) in [7, 11) is 1.63. The average molecular weight is 523 g/mol. The molecule has 32 heavy (non-hydrogen) atoms. The van der Waals surface area contributed by atoms with Gasteiger partial charge < -0.3 is 20.1 Å². The zero-order valence-corrected chi connectivity index (χ0v) is 19.9. The van der Waals surface area contributed by atoms with Gasteiger partial charge in [0.15, 0.2) is 11.5 Å². The number of non-ortho nitro benzene ring substituents is 1. The molecule has 0 aliphatic heterocycles. The van der Waals surface area contributed by atoms with Crippen molar-refractivity contribution in [2.24, 2.45) is 0 Å². The first kappa shape index (κ1) is 25.5. The summed E-state index contributed by atoms with van der Waals surface area (Å²) in [6.07, 6.45) is 0. The van der Waals surface area contributed by atoms with Gasteiger partial charge in [-0.1, -0.05) is 30.3 Å². The Balaban J connectivity index is 0.00000363. The van der Waals surface area contributed by atoms with Gasteiger partial charge in [-0.3, -0.25) is 10.1 Å². The number of hydrogen-bond acceptors (Lipinski definition) is 6. The number of halogens is 2. The van der Waals surface area contributed by atoms with Crippen LogP contribution in [0.3, 0.4) is 0 Å². The van der Waals surface area contributed by atoms with Gasteiger partial charge in [-0.15, -0.1) is 12.4 Å². The van der Waals surface area contributed by atoms with E-state index in [0.29, 0.717) is 31.2 Å². The molecule has 0 aliphatic rings. The van der Waals surface area contributed by atoms with Crippen LogP contribution in [0.15, 0.2) is 71.2 Å². The van der Waals surface area contributed by atoms with Crippen molar-refractivity contribution in [2.75, 3.05) is 25.5 Å². The number of nitrogens with one attached hydrogen (secondary N) is 2. The normalized spacial score (nSPS) is 10.2. The molecule has 3 rings (SSSR count). The number of nitro groups is 1. The summed E-state index contributed by atoms with van der Waals surface area (Å²) >= 11 is 3.59. The largest absolute Gasteiger partial charge is 0.493 e. The Morgan fingerprint density at radius 2 is 1.72 bits per heavy atom. The Kier molecular flexibility index (Phi) is 10.3. The van der Waals surface area contributed by atoms with Crippen molar-refractivity contribution < 1.29 is 14.4 Å². The van der Waals surface area contributed by atoms with Crippen molar-refractivity contribution >= 4 is 39.7 Å². The highest BCUT2D eigenvalue weighted by atomic mass is 79.9.